The lowest BCUT2D eigenvalue weighted by atomic mass is 10.1. The van der Waals surface area contributed by atoms with Crippen LogP contribution in [0.15, 0.2) is 42.5 Å². The molecule has 1 fully saturated rings. The number of anilines is 1. The molecular formula is C19H18F3N3O3. The Morgan fingerprint density at radius 3 is 2.36 bits per heavy atom. The van der Waals surface area contributed by atoms with Gasteiger partial charge in [-0.1, -0.05) is 24.3 Å². The fraction of sp³-hybridized carbons (Fsp3) is 0.316. The first-order chi connectivity index (χ1) is 13.2. The number of nitrogens with one attached hydrogen (secondary N) is 1. The van der Waals surface area contributed by atoms with E-state index >= 15 is 0 Å². The maximum Gasteiger partial charge on any atom is 0.416 e. The number of nitro groups is 1. The van der Waals surface area contributed by atoms with Crippen LogP contribution in [0.3, 0.4) is 0 Å². The third-order valence-electron chi connectivity index (χ3n) is 4.57. The Bertz CT molecular complexity index is 882. The molecule has 3 rings (SSSR count). The van der Waals surface area contributed by atoms with Gasteiger partial charge in [0.15, 0.2) is 0 Å². The third kappa shape index (κ3) is 4.59. The summed E-state index contributed by atoms with van der Waals surface area (Å²) in [6.45, 7) is 1.51. The van der Waals surface area contributed by atoms with Gasteiger partial charge in [-0.25, -0.2) is 0 Å². The number of carbonyl (C=O) groups excluding carboxylic acids is 1. The van der Waals surface area contributed by atoms with Gasteiger partial charge >= 0.3 is 6.18 Å². The predicted molar refractivity (Wildman–Crippen MR) is 96.5 cm³/mol. The second kappa shape index (κ2) is 7.87. The number of hydrogen-bond acceptors (Lipinski definition) is 4. The van der Waals surface area contributed by atoms with Crippen LogP contribution >= 0.6 is 0 Å². The van der Waals surface area contributed by atoms with Crippen molar-refractivity contribution >= 4 is 17.3 Å². The van der Waals surface area contributed by atoms with Gasteiger partial charge in [-0.15, -0.1) is 0 Å². The lowest BCUT2D eigenvalue weighted by Crippen LogP contribution is -2.23. The van der Waals surface area contributed by atoms with E-state index in [4.69, 9.17) is 0 Å². The van der Waals surface area contributed by atoms with Crippen LogP contribution in [-0.4, -0.2) is 22.3 Å². The largest absolute Gasteiger partial charge is 0.416 e. The second-order valence-corrected chi connectivity index (χ2v) is 6.58. The zero-order valence-corrected chi connectivity index (χ0v) is 14.8. The van der Waals surface area contributed by atoms with Crippen molar-refractivity contribution in [2.24, 2.45) is 0 Å². The van der Waals surface area contributed by atoms with Crippen LogP contribution in [0, 0.1) is 10.1 Å². The Kier molecular flexibility index (Phi) is 5.53. The maximum absolute atomic E-state index is 12.8. The first kappa shape index (κ1) is 19.7. The van der Waals surface area contributed by atoms with Crippen LogP contribution in [0.25, 0.3) is 0 Å². The topological polar surface area (TPSA) is 75.5 Å². The van der Waals surface area contributed by atoms with Gasteiger partial charge in [0.1, 0.15) is 5.69 Å². The molecule has 1 saturated heterocycles. The van der Waals surface area contributed by atoms with Crippen molar-refractivity contribution in [3.8, 4) is 0 Å². The minimum absolute atomic E-state index is 0.0183. The standard InChI is InChI=1S/C19H18F3N3O3/c20-19(21,22)15-7-8-16(17(10-15)25(27)28)23-11-13-3-5-14(6-4-13)12-24-9-1-2-18(24)26/h3-8,10,23H,1-2,9,11-12H2. The number of nitrogens with zero attached hydrogens (tertiary/aromatic N) is 2. The van der Waals surface area contributed by atoms with Crippen molar-refractivity contribution in [1.29, 1.82) is 0 Å². The van der Waals surface area contributed by atoms with Crippen molar-refractivity contribution in [2.75, 3.05) is 11.9 Å². The van der Waals surface area contributed by atoms with Gasteiger partial charge in [0.2, 0.25) is 5.91 Å². The summed E-state index contributed by atoms with van der Waals surface area (Å²) in [6, 6.07) is 9.77. The summed E-state index contributed by atoms with van der Waals surface area (Å²) in [5, 5.41) is 13.9. The Balaban J connectivity index is 1.66. The Labute approximate surface area is 159 Å². The molecule has 0 unspecified atom stereocenters. The van der Waals surface area contributed by atoms with E-state index in [1.807, 2.05) is 24.3 Å². The number of benzene rings is 2. The van der Waals surface area contributed by atoms with E-state index in [-0.39, 0.29) is 18.1 Å². The number of halogens is 3. The molecule has 0 aliphatic carbocycles. The number of alkyl halides is 3. The van der Waals surface area contributed by atoms with E-state index in [0.717, 1.165) is 36.2 Å². The molecule has 148 valence electrons. The molecule has 0 radical (unpaired) electrons. The summed E-state index contributed by atoms with van der Waals surface area (Å²) in [6.07, 6.45) is -3.20. The summed E-state index contributed by atoms with van der Waals surface area (Å²) < 4.78 is 38.3. The average Bonchev–Trinajstić information content (AvgIpc) is 3.05. The van der Waals surface area contributed by atoms with E-state index < -0.39 is 22.4 Å². The quantitative estimate of drug-likeness (QED) is 0.585. The van der Waals surface area contributed by atoms with Gasteiger partial charge in [-0.2, -0.15) is 13.2 Å². The van der Waals surface area contributed by atoms with Crippen LogP contribution in [0.4, 0.5) is 24.5 Å². The van der Waals surface area contributed by atoms with Gasteiger partial charge < -0.3 is 10.2 Å². The molecule has 9 heteroatoms. The lowest BCUT2D eigenvalue weighted by Gasteiger charge is -2.15. The average molecular weight is 393 g/mol. The molecule has 0 bridgehead atoms. The van der Waals surface area contributed by atoms with E-state index in [1.54, 1.807) is 4.90 Å². The van der Waals surface area contributed by atoms with Crippen LogP contribution in [0.5, 0.6) is 0 Å². The Hall–Kier alpha value is -3.10. The first-order valence-corrected chi connectivity index (χ1v) is 8.69. The van der Waals surface area contributed by atoms with E-state index in [2.05, 4.69) is 5.32 Å². The summed E-state index contributed by atoms with van der Waals surface area (Å²) in [5.41, 5.74) is 0.111. The molecule has 1 N–H and O–H groups in total. The molecule has 0 aromatic heterocycles. The number of rotatable bonds is 6. The van der Waals surface area contributed by atoms with Gasteiger partial charge in [0.05, 0.1) is 10.5 Å². The number of nitro benzene ring substituents is 1. The molecule has 0 spiro atoms. The van der Waals surface area contributed by atoms with Crippen molar-refractivity contribution in [3.05, 3.63) is 69.3 Å². The minimum Gasteiger partial charge on any atom is -0.375 e. The molecule has 28 heavy (non-hydrogen) atoms. The SMILES string of the molecule is O=C1CCCN1Cc1ccc(CNc2ccc(C(F)(F)F)cc2[N+](=O)[O-])cc1. The highest BCUT2D eigenvalue weighted by Crippen LogP contribution is 2.35. The van der Waals surface area contributed by atoms with Crippen molar-refractivity contribution in [3.63, 3.8) is 0 Å². The van der Waals surface area contributed by atoms with Crippen molar-refractivity contribution in [1.82, 2.24) is 4.90 Å². The van der Waals surface area contributed by atoms with Crippen LogP contribution in [0.1, 0.15) is 29.5 Å². The second-order valence-electron chi connectivity index (χ2n) is 6.58. The zero-order valence-electron chi connectivity index (χ0n) is 14.8. The molecule has 2 aromatic carbocycles. The molecule has 1 heterocycles. The number of carbonyl (C=O) groups is 1. The molecule has 0 atom stereocenters. The first-order valence-electron chi connectivity index (χ1n) is 8.69. The fourth-order valence-corrected chi connectivity index (χ4v) is 3.06. The van der Waals surface area contributed by atoms with E-state index in [1.165, 1.54) is 0 Å². The summed E-state index contributed by atoms with van der Waals surface area (Å²) in [5.74, 6) is 0.139. The van der Waals surface area contributed by atoms with Crippen molar-refractivity contribution in [2.45, 2.75) is 32.1 Å². The number of hydrogen-bond donors (Lipinski definition) is 1. The molecule has 1 aliphatic rings. The van der Waals surface area contributed by atoms with Crippen molar-refractivity contribution < 1.29 is 22.9 Å². The molecule has 6 nitrogen and oxygen atoms in total. The maximum atomic E-state index is 12.8. The number of amides is 1. The van der Waals surface area contributed by atoms with Crippen LogP contribution in [0.2, 0.25) is 0 Å². The Morgan fingerprint density at radius 1 is 1.11 bits per heavy atom. The predicted octanol–water partition coefficient (Wildman–Crippen LogP) is 4.35. The molecule has 2 aromatic rings. The highest BCUT2D eigenvalue weighted by atomic mass is 19.4. The molecule has 1 amide bonds. The molecule has 1 aliphatic heterocycles. The fourth-order valence-electron chi connectivity index (χ4n) is 3.06. The van der Waals surface area contributed by atoms with Crippen LogP contribution < -0.4 is 5.32 Å². The van der Waals surface area contributed by atoms with Gasteiger partial charge in [-0.05, 0) is 29.7 Å². The Morgan fingerprint density at radius 2 is 1.79 bits per heavy atom. The van der Waals surface area contributed by atoms with Crippen LogP contribution in [-0.2, 0) is 24.1 Å². The monoisotopic (exact) mass is 393 g/mol. The lowest BCUT2D eigenvalue weighted by molar-refractivity contribution is -0.384. The third-order valence-corrected chi connectivity index (χ3v) is 4.57. The summed E-state index contributed by atoms with van der Waals surface area (Å²) >= 11 is 0. The smallest absolute Gasteiger partial charge is 0.375 e. The van der Waals surface area contributed by atoms with E-state index in [9.17, 15) is 28.1 Å². The normalized spacial score (nSPS) is 14.4. The zero-order chi connectivity index (χ0) is 20.3. The van der Waals surface area contributed by atoms with Gasteiger partial charge in [-0.3, -0.25) is 14.9 Å². The van der Waals surface area contributed by atoms with E-state index in [0.29, 0.717) is 19.0 Å². The number of likely N-dealkylation sites (tertiary alicyclic amines) is 1. The summed E-state index contributed by atoms with van der Waals surface area (Å²) in [7, 11) is 0. The molecular weight excluding hydrogens is 375 g/mol. The van der Waals surface area contributed by atoms with Gasteiger partial charge in [0, 0.05) is 32.1 Å². The minimum atomic E-state index is -4.64. The highest BCUT2D eigenvalue weighted by molar-refractivity contribution is 5.78. The summed E-state index contributed by atoms with van der Waals surface area (Å²) in [4.78, 5) is 23.7. The molecule has 0 saturated carbocycles. The highest BCUT2D eigenvalue weighted by Gasteiger charge is 2.33. The van der Waals surface area contributed by atoms with Gasteiger partial charge in [0.25, 0.3) is 5.69 Å².